The van der Waals surface area contributed by atoms with Crippen LogP contribution in [0.15, 0.2) is 158 Å². The molecular weight excluding hydrogens is 784 g/mol. The van der Waals surface area contributed by atoms with Crippen LogP contribution in [0.3, 0.4) is 0 Å². The predicted molar refractivity (Wildman–Crippen MR) is 197 cm³/mol. The Bertz CT molecular complexity index is 2560. The molecule has 0 saturated heterocycles. The summed E-state index contributed by atoms with van der Waals surface area (Å²) in [6, 6.07) is 62.1. The zero-order chi connectivity index (χ0) is 31.2. The maximum atomic E-state index is 5.43. The summed E-state index contributed by atoms with van der Waals surface area (Å²) in [7, 11) is 0. The van der Waals surface area contributed by atoms with Crippen LogP contribution >= 0.6 is 11.3 Å². The largest absolute Gasteiger partial charge is 2.00 e. The zero-order valence-corrected chi connectivity index (χ0v) is 28.7. The third kappa shape index (κ3) is 5.46. The van der Waals surface area contributed by atoms with Crippen molar-refractivity contribution in [1.82, 2.24) is 9.97 Å². The fourth-order valence-electron chi connectivity index (χ4n) is 6.35. The minimum Gasteiger partial charge on any atom is -0.294 e. The summed E-state index contributed by atoms with van der Waals surface area (Å²) in [5.74, 6) is 0. The number of thiophene rings is 1. The molecule has 4 heteroatoms. The number of aromatic nitrogens is 2. The minimum absolute atomic E-state index is 0. The van der Waals surface area contributed by atoms with Gasteiger partial charge in [0.1, 0.15) is 0 Å². The third-order valence-corrected chi connectivity index (χ3v) is 9.85. The number of hydrogen-bond donors (Lipinski definition) is 0. The molecule has 9 rings (SSSR count). The topological polar surface area (TPSA) is 25.8 Å². The van der Waals surface area contributed by atoms with E-state index in [2.05, 4.69) is 158 Å². The maximum absolute atomic E-state index is 5.43. The number of para-hydroxylation sites is 1. The molecule has 228 valence electrons. The van der Waals surface area contributed by atoms with E-state index >= 15 is 0 Å². The summed E-state index contributed by atoms with van der Waals surface area (Å²) in [5.41, 5.74) is 10.00. The Kier molecular flexibility index (Phi) is 8.02. The van der Waals surface area contributed by atoms with Crippen LogP contribution in [0.25, 0.3) is 87.1 Å². The van der Waals surface area contributed by atoms with Crippen LogP contribution in [0.5, 0.6) is 0 Å². The molecule has 48 heavy (non-hydrogen) atoms. The quantitative estimate of drug-likeness (QED) is 0.162. The summed E-state index contributed by atoms with van der Waals surface area (Å²) in [6.07, 6.45) is 0. The van der Waals surface area contributed by atoms with E-state index in [4.69, 9.17) is 9.97 Å². The van der Waals surface area contributed by atoms with Crippen LogP contribution < -0.4 is 0 Å². The molecule has 0 aliphatic rings. The van der Waals surface area contributed by atoms with Crippen LogP contribution in [0.2, 0.25) is 0 Å². The third-order valence-electron chi connectivity index (χ3n) is 8.66. The van der Waals surface area contributed by atoms with Gasteiger partial charge in [-0.05, 0) is 34.2 Å². The van der Waals surface area contributed by atoms with Crippen molar-refractivity contribution in [3.8, 4) is 55.3 Å². The van der Waals surface area contributed by atoms with E-state index in [-0.39, 0.29) is 21.1 Å². The number of fused-ring (bicyclic) bond motifs is 4. The minimum atomic E-state index is 0. The van der Waals surface area contributed by atoms with E-state index in [0.717, 1.165) is 71.3 Å². The molecule has 0 N–H and O–H groups in total. The first-order valence-corrected chi connectivity index (χ1v) is 16.5. The first kappa shape index (κ1) is 30.1. The standard InChI is InChI=1S/C44H26N2S.Pt/c1-4-13-29(14-5-1)35-26-39(34-24-23-30-15-10-11-20-33(30)25-34)45-40(27-35)37-22-12-21-36-38-28-41(31-16-6-2-7-17-31)47-44(38)42(46-43(36)37)32-18-8-3-9-19-32;/h1-18,20-24,26-28H;/q-2;+2. The van der Waals surface area contributed by atoms with Gasteiger partial charge in [-0.25, -0.2) is 0 Å². The van der Waals surface area contributed by atoms with Crippen LogP contribution in [0.1, 0.15) is 0 Å². The average Bonchev–Trinajstić information content (AvgIpc) is 3.61. The number of hydrogen-bond acceptors (Lipinski definition) is 3. The van der Waals surface area contributed by atoms with Crippen molar-refractivity contribution >= 4 is 43.1 Å². The molecule has 0 radical (unpaired) electrons. The fraction of sp³-hybridized carbons (Fsp3) is 0. The summed E-state index contributed by atoms with van der Waals surface area (Å²) in [4.78, 5) is 12.0. The molecule has 3 aromatic heterocycles. The first-order valence-electron chi connectivity index (χ1n) is 15.7. The smallest absolute Gasteiger partial charge is 0.294 e. The number of benzene rings is 6. The summed E-state index contributed by atoms with van der Waals surface area (Å²) >= 11 is 1.79. The Morgan fingerprint density at radius 2 is 1.27 bits per heavy atom. The Morgan fingerprint density at radius 3 is 2.08 bits per heavy atom. The van der Waals surface area contributed by atoms with E-state index in [1.165, 1.54) is 15.8 Å². The molecule has 0 unspecified atom stereocenters. The summed E-state index contributed by atoms with van der Waals surface area (Å²) in [6.45, 7) is 0. The molecule has 0 atom stereocenters. The van der Waals surface area contributed by atoms with Crippen molar-refractivity contribution in [3.63, 3.8) is 0 Å². The second-order valence-corrected chi connectivity index (χ2v) is 12.7. The average molecular weight is 810 g/mol. The van der Waals surface area contributed by atoms with Crippen molar-refractivity contribution in [2.75, 3.05) is 0 Å². The van der Waals surface area contributed by atoms with Gasteiger partial charge < -0.3 is 0 Å². The van der Waals surface area contributed by atoms with Crippen molar-refractivity contribution < 1.29 is 21.1 Å². The van der Waals surface area contributed by atoms with E-state index in [1.54, 1.807) is 11.3 Å². The normalized spacial score (nSPS) is 11.2. The number of rotatable bonds is 5. The Balaban J connectivity index is 0.00000336. The van der Waals surface area contributed by atoms with Gasteiger partial charge in [-0.3, -0.25) is 9.97 Å². The second kappa shape index (κ2) is 12.8. The molecule has 0 aliphatic heterocycles. The van der Waals surface area contributed by atoms with Gasteiger partial charge >= 0.3 is 21.1 Å². The van der Waals surface area contributed by atoms with E-state index < -0.39 is 0 Å². The van der Waals surface area contributed by atoms with Crippen molar-refractivity contribution in [3.05, 3.63) is 170 Å². The Morgan fingerprint density at radius 1 is 0.521 bits per heavy atom. The van der Waals surface area contributed by atoms with Gasteiger partial charge in [0, 0.05) is 31.9 Å². The number of pyridine rings is 2. The van der Waals surface area contributed by atoms with Crippen molar-refractivity contribution in [2.24, 2.45) is 0 Å². The predicted octanol–water partition coefficient (Wildman–Crippen LogP) is 11.9. The Labute approximate surface area is 297 Å². The fourth-order valence-corrected chi connectivity index (χ4v) is 7.54. The molecule has 2 nitrogen and oxygen atoms in total. The van der Waals surface area contributed by atoms with Gasteiger partial charge in [-0.2, -0.15) is 0 Å². The molecule has 0 saturated carbocycles. The van der Waals surface area contributed by atoms with Crippen LogP contribution in [0.4, 0.5) is 0 Å². The van der Waals surface area contributed by atoms with Crippen molar-refractivity contribution in [2.45, 2.75) is 0 Å². The summed E-state index contributed by atoms with van der Waals surface area (Å²) in [5, 5.41) is 4.54. The molecule has 0 spiro atoms. The molecule has 6 aromatic carbocycles. The molecular formula is C44H26N2PtS. The van der Waals surface area contributed by atoms with Gasteiger partial charge in [-0.1, -0.05) is 114 Å². The molecule has 0 bridgehead atoms. The van der Waals surface area contributed by atoms with Gasteiger partial charge in [0.05, 0.1) is 11.2 Å². The van der Waals surface area contributed by atoms with Crippen LogP contribution in [-0.4, -0.2) is 9.97 Å². The molecule has 9 aromatic rings. The van der Waals surface area contributed by atoms with Gasteiger partial charge in [0.15, 0.2) is 0 Å². The van der Waals surface area contributed by atoms with E-state index in [1.807, 2.05) is 12.1 Å². The summed E-state index contributed by atoms with van der Waals surface area (Å²) < 4.78 is 1.16. The molecule has 0 amide bonds. The van der Waals surface area contributed by atoms with E-state index in [9.17, 15) is 0 Å². The monoisotopic (exact) mass is 809 g/mol. The van der Waals surface area contributed by atoms with Crippen LogP contribution in [-0.2, 0) is 21.1 Å². The van der Waals surface area contributed by atoms with Crippen LogP contribution in [0, 0.1) is 12.1 Å². The van der Waals surface area contributed by atoms with Gasteiger partial charge in [0.2, 0.25) is 0 Å². The molecule has 0 fully saturated rings. The van der Waals surface area contributed by atoms with Gasteiger partial charge in [-0.15, -0.1) is 76.9 Å². The molecule has 0 aliphatic carbocycles. The van der Waals surface area contributed by atoms with Gasteiger partial charge in [0.25, 0.3) is 0 Å². The maximum Gasteiger partial charge on any atom is 2.00 e. The number of nitrogens with zero attached hydrogens (tertiary/aromatic N) is 2. The zero-order valence-electron chi connectivity index (χ0n) is 25.6. The van der Waals surface area contributed by atoms with Crippen molar-refractivity contribution in [1.29, 1.82) is 0 Å². The SMILES string of the molecule is [Pt+2].[c-]1ccccc1-c1nc2c(-c3cc(-c4ccccc4)cc(-c4[c-]c5ccccc5cc4)n3)cccc2c2cc(-c3ccccc3)sc12. The van der Waals surface area contributed by atoms with E-state index in [0.29, 0.717) is 0 Å². The second-order valence-electron chi connectivity index (χ2n) is 11.6. The first-order chi connectivity index (χ1) is 23.3. The molecule has 3 heterocycles. The Hall–Kier alpha value is -5.21.